The third-order valence-electron chi connectivity index (χ3n) is 11.0. The van der Waals surface area contributed by atoms with Crippen molar-refractivity contribution in [3.05, 3.63) is 11.6 Å². The van der Waals surface area contributed by atoms with E-state index in [4.69, 9.17) is 0 Å². The van der Waals surface area contributed by atoms with Gasteiger partial charge in [-0.15, -0.1) is 0 Å². The van der Waals surface area contributed by atoms with Crippen LogP contribution < -0.4 is 0 Å². The van der Waals surface area contributed by atoms with E-state index < -0.39 is 0 Å². The molecule has 3 fully saturated rings. The largest absolute Gasteiger partial charge is 0.393 e. The lowest BCUT2D eigenvalue weighted by molar-refractivity contribution is -0.0970. The van der Waals surface area contributed by atoms with E-state index in [1.54, 1.807) is 0 Å². The maximum atomic E-state index is 11.3. The van der Waals surface area contributed by atoms with E-state index in [2.05, 4.69) is 40.7 Å². The van der Waals surface area contributed by atoms with E-state index in [0.717, 1.165) is 37.0 Å². The van der Waals surface area contributed by atoms with Gasteiger partial charge in [0.2, 0.25) is 0 Å². The Morgan fingerprint density at radius 3 is 2.48 bits per heavy atom. The summed E-state index contributed by atoms with van der Waals surface area (Å²) in [4.78, 5) is 0. The van der Waals surface area contributed by atoms with Crippen molar-refractivity contribution in [1.29, 1.82) is 0 Å². The number of rotatable bonds is 7. The van der Waals surface area contributed by atoms with Crippen molar-refractivity contribution in [3.63, 3.8) is 0 Å². The van der Waals surface area contributed by atoms with Gasteiger partial charge in [-0.1, -0.05) is 78.4 Å². The summed E-state index contributed by atoms with van der Waals surface area (Å²) in [5.41, 5.74) is 1.99. The molecular formula is C29H50O2. The molecule has 4 aliphatic rings. The van der Waals surface area contributed by atoms with Crippen molar-refractivity contribution >= 4 is 0 Å². The Kier molecular flexibility index (Phi) is 7.01. The van der Waals surface area contributed by atoms with Gasteiger partial charge < -0.3 is 10.2 Å². The van der Waals surface area contributed by atoms with Crippen molar-refractivity contribution in [1.82, 2.24) is 0 Å². The Bertz CT molecular complexity index is 655. The molecule has 0 aromatic carbocycles. The summed E-state index contributed by atoms with van der Waals surface area (Å²) in [5.74, 6) is 4.24. The highest BCUT2D eigenvalue weighted by Crippen LogP contribution is 2.67. The zero-order chi connectivity index (χ0) is 22.4. The van der Waals surface area contributed by atoms with Crippen LogP contribution in [0.5, 0.6) is 0 Å². The minimum Gasteiger partial charge on any atom is -0.393 e. The molecule has 10 atom stereocenters. The van der Waals surface area contributed by atoms with Crippen LogP contribution in [0.3, 0.4) is 0 Å². The van der Waals surface area contributed by atoms with Gasteiger partial charge in [-0.3, -0.25) is 0 Å². The molecule has 2 nitrogen and oxygen atoms in total. The maximum Gasteiger partial charge on any atom is 0.0757 e. The molecule has 2 heteroatoms. The Morgan fingerprint density at radius 2 is 1.74 bits per heavy atom. The van der Waals surface area contributed by atoms with E-state index in [0.29, 0.717) is 23.2 Å². The van der Waals surface area contributed by atoms with Crippen LogP contribution in [0.4, 0.5) is 0 Å². The van der Waals surface area contributed by atoms with Gasteiger partial charge in [0.25, 0.3) is 0 Å². The smallest absolute Gasteiger partial charge is 0.0757 e. The van der Waals surface area contributed by atoms with Crippen molar-refractivity contribution in [2.45, 2.75) is 124 Å². The van der Waals surface area contributed by atoms with Crippen LogP contribution in [0.2, 0.25) is 0 Å². The van der Waals surface area contributed by atoms with E-state index >= 15 is 0 Å². The fourth-order valence-corrected chi connectivity index (χ4v) is 9.23. The lowest BCUT2D eigenvalue weighted by Gasteiger charge is -2.59. The molecule has 178 valence electrons. The summed E-state index contributed by atoms with van der Waals surface area (Å²) in [5, 5.41) is 21.6. The molecule has 2 N–H and O–H groups in total. The van der Waals surface area contributed by atoms with Crippen molar-refractivity contribution < 1.29 is 10.2 Å². The predicted octanol–water partition coefficient (Wildman–Crippen LogP) is 7.14. The quantitative estimate of drug-likeness (QED) is 0.421. The van der Waals surface area contributed by atoms with Gasteiger partial charge >= 0.3 is 0 Å². The average Bonchev–Trinajstić information content (AvgIpc) is 3.06. The molecular weight excluding hydrogens is 380 g/mol. The number of aliphatic hydroxyl groups is 2. The van der Waals surface area contributed by atoms with Gasteiger partial charge in [0, 0.05) is 0 Å². The Labute approximate surface area is 192 Å². The molecule has 0 aliphatic heterocycles. The van der Waals surface area contributed by atoms with Crippen molar-refractivity contribution in [2.75, 3.05) is 0 Å². The first-order valence-electron chi connectivity index (χ1n) is 13.8. The van der Waals surface area contributed by atoms with Gasteiger partial charge in [-0.05, 0) is 91.3 Å². The second-order valence-electron chi connectivity index (χ2n) is 12.8. The molecule has 0 spiro atoms. The van der Waals surface area contributed by atoms with Gasteiger partial charge in [0.1, 0.15) is 0 Å². The van der Waals surface area contributed by atoms with Crippen LogP contribution in [0.1, 0.15) is 112 Å². The normalized spacial score (nSPS) is 46.5. The number of hydrogen-bond donors (Lipinski definition) is 2. The van der Waals surface area contributed by atoms with Crippen LogP contribution in [0.15, 0.2) is 11.6 Å². The van der Waals surface area contributed by atoms with Crippen molar-refractivity contribution in [2.24, 2.45) is 46.3 Å². The Hall–Kier alpha value is -0.340. The van der Waals surface area contributed by atoms with E-state index in [9.17, 15) is 10.2 Å². The van der Waals surface area contributed by atoms with Crippen LogP contribution >= 0.6 is 0 Å². The minimum atomic E-state index is -0.299. The van der Waals surface area contributed by atoms with E-state index in [1.807, 2.05) is 0 Å². The van der Waals surface area contributed by atoms with Gasteiger partial charge in [0.05, 0.1) is 12.2 Å². The minimum absolute atomic E-state index is 0.200. The molecule has 0 radical (unpaired) electrons. The summed E-state index contributed by atoms with van der Waals surface area (Å²) in [7, 11) is 0. The van der Waals surface area contributed by atoms with Crippen LogP contribution in [0, 0.1) is 46.3 Å². The Morgan fingerprint density at radius 1 is 0.968 bits per heavy atom. The summed E-state index contributed by atoms with van der Waals surface area (Å²) >= 11 is 0. The molecule has 0 saturated heterocycles. The molecule has 0 heterocycles. The maximum absolute atomic E-state index is 11.3. The average molecular weight is 431 g/mol. The first kappa shape index (κ1) is 23.8. The van der Waals surface area contributed by atoms with Gasteiger partial charge in [-0.25, -0.2) is 0 Å². The van der Waals surface area contributed by atoms with Crippen LogP contribution in [0.25, 0.3) is 0 Å². The van der Waals surface area contributed by atoms with Gasteiger partial charge in [-0.2, -0.15) is 0 Å². The third kappa shape index (κ3) is 4.18. The fraction of sp³-hybridized carbons (Fsp3) is 0.931. The standard InChI is InChI=1S/C29H50O2/c1-6-8-19(2)9-7-10-20(3)23-11-12-24-27-25(14-16-29(23,24)5)28(4)15-13-22(30)17-21(28)18-26(27)31/h18-20,22-27,30-31H,6-17H2,1-5H3/t19?,20-,22+,23-,24+,25+,26?,27+,28+,29-/m1/s1. The second kappa shape index (κ2) is 9.13. The molecule has 0 aromatic rings. The molecule has 2 unspecified atom stereocenters. The first-order valence-corrected chi connectivity index (χ1v) is 13.8. The van der Waals surface area contributed by atoms with E-state index in [-0.39, 0.29) is 17.6 Å². The number of hydrogen-bond acceptors (Lipinski definition) is 2. The predicted molar refractivity (Wildman–Crippen MR) is 130 cm³/mol. The highest BCUT2D eigenvalue weighted by Gasteiger charge is 2.61. The number of fused-ring (bicyclic) bond motifs is 5. The topological polar surface area (TPSA) is 40.5 Å². The molecule has 31 heavy (non-hydrogen) atoms. The molecule has 0 bridgehead atoms. The highest BCUT2D eigenvalue weighted by atomic mass is 16.3. The SMILES string of the molecule is CCCC(C)CCC[C@@H](C)[C@H]1CC[C@H]2[C@@H]3C(O)C=C4C[C@@H](O)CC[C@]4(C)[C@H]3CC[C@]12C. The summed E-state index contributed by atoms with van der Waals surface area (Å²) in [6, 6.07) is 0. The zero-order valence-electron chi connectivity index (χ0n) is 21.1. The third-order valence-corrected chi connectivity index (χ3v) is 11.0. The lowest BCUT2D eigenvalue weighted by Crippen LogP contribution is -2.54. The molecule has 0 aromatic heterocycles. The molecule has 4 rings (SSSR count). The summed E-state index contributed by atoms with van der Waals surface area (Å²) in [6.07, 6.45) is 16.7. The monoisotopic (exact) mass is 430 g/mol. The number of aliphatic hydroxyl groups excluding tert-OH is 2. The van der Waals surface area contributed by atoms with Crippen molar-refractivity contribution in [3.8, 4) is 0 Å². The highest BCUT2D eigenvalue weighted by molar-refractivity contribution is 5.27. The lowest BCUT2D eigenvalue weighted by atomic mass is 9.46. The fourth-order valence-electron chi connectivity index (χ4n) is 9.23. The summed E-state index contributed by atoms with van der Waals surface area (Å²) in [6.45, 7) is 12.3. The summed E-state index contributed by atoms with van der Waals surface area (Å²) < 4.78 is 0. The molecule has 4 aliphatic carbocycles. The second-order valence-corrected chi connectivity index (χ2v) is 12.8. The zero-order valence-corrected chi connectivity index (χ0v) is 21.1. The van der Waals surface area contributed by atoms with Gasteiger partial charge in [0.15, 0.2) is 0 Å². The Balaban J connectivity index is 1.47. The molecule has 0 amide bonds. The first-order chi connectivity index (χ1) is 14.7. The van der Waals surface area contributed by atoms with Crippen LogP contribution in [-0.4, -0.2) is 22.4 Å². The molecule has 3 saturated carbocycles. The van der Waals surface area contributed by atoms with Crippen LogP contribution in [-0.2, 0) is 0 Å². The van der Waals surface area contributed by atoms with E-state index in [1.165, 1.54) is 63.4 Å².